The predicted molar refractivity (Wildman–Crippen MR) is 87.1 cm³/mol. The fraction of sp³-hybridized carbons (Fsp3) is 0.562. The SMILES string of the molecule is NC(=O)C1CCN(Cc2c(Cl)cccc2N2CCOCC2)C1. The molecule has 2 aliphatic rings. The van der Waals surface area contributed by atoms with Gasteiger partial charge in [0.25, 0.3) is 0 Å². The average Bonchev–Trinajstić information content (AvgIpc) is 2.99. The Hall–Kier alpha value is -1.30. The zero-order valence-corrected chi connectivity index (χ0v) is 13.4. The Kier molecular flexibility index (Phi) is 4.86. The van der Waals surface area contributed by atoms with E-state index in [1.165, 1.54) is 5.69 Å². The van der Waals surface area contributed by atoms with E-state index >= 15 is 0 Å². The molecule has 3 rings (SSSR count). The molecule has 0 radical (unpaired) electrons. The van der Waals surface area contributed by atoms with E-state index in [1.54, 1.807) is 0 Å². The molecule has 1 amide bonds. The number of rotatable bonds is 4. The van der Waals surface area contributed by atoms with Gasteiger partial charge in [-0.1, -0.05) is 17.7 Å². The van der Waals surface area contributed by atoms with Crippen LogP contribution in [0, 0.1) is 5.92 Å². The lowest BCUT2D eigenvalue weighted by Gasteiger charge is -2.32. The van der Waals surface area contributed by atoms with Gasteiger partial charge in [0.2, 0.25) is 5.91 Å². The third-order valence-corrected chi connectivity index (χ3v) is 4.86. The summed E-state index contributed by atoms with van der Waals surface area (Å²) in [5, 5.41) is 0.784. The summed E-state index contributed by atoms with van der Waals surface area (Å²) in [5.41, 5.74) is 7.73. The number of hydrogen-bond acceptors (Lipinski definition) is 4. The molecular formula is C16H22ClN3O2. The van der Waals surface area contributed by atoms with Crippen LogP contribution in [0.3, 0.4) is 0 Å². The number of primary amides is 1. The number of ether oxygens (including phenoxy) is 1. The van der Waals surface area contributed by atoms with Gasteiger partial charge in [0, 0.05) is 42.5 Å². The van der Waals surface area contributed by atoms with Crippen LogP contribution in [0.4, 0.5) is 5.69 Å². The van der Waals surface area contributed by atoms with E-state index in [0.717, 1.165) is 62.9 Å². The number of hydrogen-bond donors (Lipinski definition) is 1. The molecule has 1 aromatic carbocycles. The number of likely N-dealkylation sites (tertiary alicyclic amines) is 1. The van der Waals surface area contributed by atoms with Crippen molar-refractivity contribution in [2.75, 3.05) is 44.3 Å². The van der Waals surface area contributed by atoms with Crippen LogP contribution in [0.25, 0.3) is 0 Å². The Morgan fingerprint density at radius 1 is 1.32 bits per heavy atom. The minimum absolute atomic E-state index is 0.0330. The maximum Gasteiger partial charge on any atom is 0.221 e. The normalized spacial score (nSPS) is 23.0. The maximum atomic E-state index is 11.3. The van der Waals surface area contributed by atoms with Crippen molar-refractivity contribution in [1.82, 2.24) is 4.90 Å². The van der Waals surface area contributed by atoms with Crippen molar-refractivity contribution >= 4 is 23.2 Å². The topological polar surface area (TPSA) is 58.8 Å². The molecule has 2 saturated heterocycles. The number of anilines is 1. The highest BCUT2D eigenvalue weighted by Crippen LogP contribution is 2.31. The van der Waals surface area contributed by atoms with Gasteiger partial charge in [0.1, 0.15) is 0 Å². The van der Waals surface area contributed by atoms with Crippen LogP contribution in [0.5, 0.6) is 0 Å². The monoisotopic (exact) mass is 323 g/mol. The van der Waals surface area contributed by atoms with Gasteiger partial charge in [-0.2, -0.15) is 0 Å². The summed E-state index contributed by atoms with van der Waals surface area (Å²) in [6.45, 7) is 5.65. The van der Waals surface area contributed by atoms with E-state index in [-0.39, 0.29) is 11.8 Å². The molecule has 1 unspecified atom stereocenters. The number of carbonyl (C=O) groups is 1. The Morgan fingerprint density at radius 3 is 2.77 bits per heavy atom. The molecule has 0 spiro atoms. The fourth-order valence-corrected chi connectivity index (χ4v) is 3.47. The first-order chi connectivity index (χ1) is 10.6. The van der Waals surface area contributed by atoms with Crippen molar-refractivity contribution in [2.24, 2.45) is 11.7 Å². The van der Waals surface area contributed by atoms with Crippen LogP contribution in [-0.2, 0) is 16.1 Å². The first kappa shape index (κ1) is 15.6. The van der Waals surface area contributed by atoms with E-state index in [9.17, 15) is 4.79 Å². The summed E-state index contributed by atoms with van der Waals surface area (Å²) >= 11 is 6.45. The second-order valence-electron chi connectivity index (χ2n) is 5.96. The number of halogens is 1. The van der Waals surface area contributed by atoms with Gasteiger partial charge in [0.15, 0.2) is 0 Å². The lowest BCUT2D eigenvalue weighted by molar-refractivity contribution is -0.121. The number of carbonyl (C=O) groups excluding carboxylic acids is 1. The second-order valence-corrected chi connectivity index (χ2v) is 6.37. The molecule has 22 heavy (non-hydrogen) atoms. The lowest BCUT2D eigenvalue weighted by Crippen LogP contribution is -2.37. The molecule has 0 bridgehead atoms. The van der Waals surface area contributed by atoms with E-state index in [4.69, 9.17) is 22.1 Å². The molecule has 5 nitrogen and oxygen atoms in total. The van der Waals surface area contributed by atoms with Gasteiger partial charge in [-0.15, -0.1) is 0 Å². The molecule has 2 fully saturated rings. The smallest absolute Gasteiger partial charge is 0.221 e. The van der Waals surface area contributed by atoms with Crippen LogP contribution in [-0.4, -0.2) is 50.2 Å². The zero-order chi connectivity index (χ0) is 15.5. The molecule has 0 saturated carbocycles. The highest BCUT2D eigenvalue weighted by molar-refractivity contribution is 6.31. The highest BCUT2D eigenvalue weighted by Gasteiger charge is 2.28. The predicted octanol–water partition coefficient (Wildman–Crippen LogP) is 1.48. The molecule has 1 aromatic rings. The minimum atomic E-state index is -0.199. The van der Waals surface area contributed by atoms with Gasteiger partial charge >= 0.3 is 0 Å². The quantitative estimate of drug-likeness (QED) is 0.912. The average molecular weight is 324 g/mol. The first-order valence-corrected chi connectivity index (χ1v) is 8.14. The van der Waals surface area contributed by atoms with E-state index in [0.29, 0.717) is 0 Å². The number of nitrogens with two attached hydrogens (primary N) is 1. The van der Waals surface area contributed by atoms with Gasteiger partial charge in [-0.25, -0.2) is 0 Å². The summed E-state index contributed by atoms with van der Waals surface area (Å²) in [7, 11) is 0. The van der Waals surface area contributed by atoms with Gasteiger partial charge in [-0.05, 0) is 25.1 Å². The summed E-state index contributed by atoms with van der Waals surface area (Å²) in [6, 6.07) is 6.05. The lowest BCUT2D eigenvalue weighted by atomic mass is 10.1. The van der Waals surface area contributed by atoms with Crippen LogP contribution >= 0.6 is 11.6 Å². The Balaban J connectivity index is 1.76. The Morgan fingerprint density at radius 2 is 2.09 bits per heavy atom. The summed E-state index contributed by atoms with van der Waals surface area (Å²) in [6.07, 6.45) is 0.840. The summed E-state index contributed by atoms with van der Waals surface area (Å²) in [5.74, 6) is -0.232. The standard InChI is InChI=1S/C16H22ClN3O2/c17-14-2-1-3-15(20-6-8-22-9-7-20)13(14)11-19-5-4-12(10-19)16(18)21/h1-3,12H,4-11H2,(H2,18,21). The molecule has 0 aromatic heterocycles. The number of benzene rings is 1. The van der Waals surface area contributed by atoms with Gasteiger partial charge in [0.05, 0.1) is 19.1 Å². The van der Waals surface area contributed by atoms with E-state index < -0.39 is 0 Å². The van der Waals surface area contributed by atoms with Crippen molar-refractivity contribution in [3.05, 3.63) is 28.8 Å². The third-order valence-electron chi connectivity index (χ3n) is 4.50. The first-order valence-electron chi connectivity index (χ1n) is 7.77. The van der Waals surface area contributed by atoms with Crippen LogP contribution in [0.15, 0.2) is 18.2 Å². The van der Waals surface area contributed by atoms with E-state index in [2.05, 4.69) is 15.9 Å². The molecule has 2 heterocycles. The number of morpholine rings is 1. The summed E-state index contributed by atoms with van der Waals surface area (Å²) < 4.78 is 5.43. The van der Waals surface area contributed by atoms with Crippen molar-refractivity contribution < 1.29 is 9.53 Å². The second kappa shape index (κ2) is 6.86. The Bertz CT molecular complexity index is 546. The van der Waals surface area contributed by atoms with Crippen LogP contribution < -0.4 is 10.6 Å². The molecule has 2 N–H and O–H groups in total. The molecule has 1 atom stereocenters. The molecule has 120 valence electrons. The third kappa shape index (κ3) is 3.37. The summed E-state index contributed by atoms with van der Waals surface area (Å²) in [4.78, 5) is 15.9. The van der Waals surface area contributed by atoms with Crippen LogP contribution in [0.1, 0.15) is 12.0 Å². The van der Waals surface area contributed by atoms with Gasteiger partial charge < -0.3 is 15.4 Å². The number of nitrogens with zero attached hydrogens (tertiary/aromatic N) is 2. The minimum Gasteiger partial charge on any atom is -0.378 e. The van der Waals surface area contributed by atoms with Crippen molar-refractivity contribution in [3.8, 4) is 0 Å². The maximum absolute atomic E-state index is 11.3. The van der Waals surface area contributed by atoms with E-state index in [1.807, 2.05) is 12.1 Å². The molecule has 6 heteroatoms. The largest absolute Gasteiger partial charge is 0.378 e. The Labute approximate surface area is 136 Å². The number of amides is 1. The van der Waals surface area contributed by atoms with Gasteiger partial charge in [-0.3, -0.25) is 9.69 Å². The van der Waals surface area contributed by atoms with Crippen molar-refractivity contribution in [3.63, 3.8) is 0 Å². The van der Waals surface area contributed by atoms with Crippen molar-refractivity contribution in [1.29, 1.82) is 0 Å². The highest BCUT2D eigenvalue weighted by atomic mass is 35.5. The molecular weight excluding hydrogens is 302 g/mol. The molecule has 0 aliphatic carbocycles. The zero-order valence-electron chi connectivity index (χ0n) is 12.6. The fourth-order valence-electron chi connectivity index (χ4n) is 3.24. The van der Waals surface area contributed by atoms with Crippen molar-refractivity contribution in [2.45, 2.75) is 13.0 Å². The van der Waals surface area contributed by atoms with Crippen LogP contribution in [0.2, 0.25) is 5.02 Å². The molecule has 2 aliphatic heterocycles.